The van der Waals surface area contributed by atoms with E-state index in [-0.39, 0.29) is 0 Å². The van der Waals surface area contributed by atoms with E-state index in [1.807, 2.05) is 6.26 Å². The standard InChI is InChI=1S/C11H14F4N2S/c1-18-5-4-10(17-16)7-2-3-9(12)8(6-7)11(13,14)15/h2-3,6,10,17H,4-5,16H2,1H3. The summed E-state index contributed by atoms with van der Waals surface area (Å²) in [7, 11) is 0. The fourth-order valence-corrected chi connectivity index (χ4v) is 2.03. The molecule has 102 valence electrons. The molecule has 7 heteroatoms. The molecule has 3 N–H and O–H groups in total. The lowest BCUT2D eigenvalue weighted by Crippen LogP contribution is -2.28. The Balaban J connectivity index is 3.02. The van der Waals surface area contributed by atoms with E-state index in [0.29, 0.717) is 12.0 Å². The van der Waals surface area contributed by atoms with Crippen LogP contribution in [0, 0.1) is 5.82 Å². The average Bonchev–Trinajstić information content (AvgIpc) is 2.30. The van der Waals surface area contributed by atoms with E-state index < -0.39 is 23.6 Å². The minimum atomic E-state index is -4.70. The lowest BCUT2D eigenvalue weighted by Gasteiger charge is -2.17. The van der Waals surface area contributed by atoms with Gasteiger partial charge >= 0.3 is 6.18 Å². The first-order valence-electron chi connectivity index (χ1n) is 5.22. The third-order valence-corrected chi connectivity index (χ3v) is 3.15. The number of rotatable bonds is 5. The summed E-state index contributed by atoms with van der Waals surface area (Å²) in [5.41, 5.74) is 1.52. The molecule has 0 aliphatic rings. The van der Waals surface area contributed by atoms with Crippen LogP contribution in [0.25, 0.3) is 0 Å². The zero-order chi connectivity index (χ0) is 13.8. The molecule has 0 amide bonds. The van der Waals surface area contributed by atoms with Crippen molar-refractivity contribution in [3.8, 4) is 0 Å². The summed E-state index contributed by atoms with van der Waals surface area (Å²) >= 11 is 1.56. The Morgan fingerprint density at radius 1 is 1.39 bits per heavy atom. The van der Waals surface area contributed by atoms with Gasteiger partial charge in [0.15, 0.2) is 0 Å². The Labute approximate surface area is 107 Å². The number of hydrogen-bond acceptors (Lipinski definition) is 3. The van der Waals surface area contributed by atoms with E-state index in [9.17, 15) is 17.6 Å². The second-order valence-electron chi connectivity index (χ2n) is 3.74. The summed E-state index contributed by atoms with van der Waals surface area (Å²) in [6.45, 7) is 0. The molecule has 1 aromatic rings. The summed E-state index contributed by atoms with van der Waals surface area (Å²) in [5, 5.41) is 0. The second-order valence-corrected chi connectivity index (χ2v) is 4.72. The van der Waals surface area contributed by atoms with E-state index in [0.717, 1.165) is 17.9 Å². The van der Waals surface area contributed by atoms with E-state index in [1.165, 1.54) is 6.07 Å². The third-order valence-electron chi connectivity index (χ3n) is 2.51. The number of nitrogens with two attached hydrogens (primary N) is 1. The first-order chi connectivity index (χ1) is 8.40. The SMILES string of the molecule is CSCCC(NN)c1ccc(F)c(C(F)(F)F)c1. The second kappa shape index (κ2) is 6.40. The van der Waals surface area contributed by atoms with Crippen molar-refractivity contribution in [2.75, 3.05) is 12.0 Å². The Kier molecular flexibility index (Phi) is 5.43. The van der Waals surface area contributed by atoms with E-state index in [1.54, 1.807) is 11.8 Å². The molecular formula is C11H14F4N2S. The molecule has 2 nitrogen and oxygen atoms in total. The number of alkyl halides is 3. The quantitative estimate of drug-likeness (QED) is 0.495. The molecule has 0 radical (unpaired) electrons. The molecule has 0 aliphatic carbocycles. The predicted molar refractivity (Wildman–Crippen MR) is 64.5 cm³/mol. The predicted octanol–water partition coefficient (Wildman–Crippen LogP) is 3.10. The van der Waals surface area contributed by atoms with Crippen molar-refractivity contribution in [1.29, 1.82) is 0 Å². The molecular weight excluding hydrogens is 268 g/mol. The minimum Gasteiger partial charge on any atom is -0.271 e. The summed E-state index contributed by atoms with van der Waals surface area (Å²) < 4.78 is 50.8. The van der Waals surface area contributed by atoms with Crippen LogP contribution in [0.1, 0.15) is 23.6 Å². The Morgan fingerprint density at radius 3 is 2.56 bits per heavy atom. The van der Waals surface area contributed by atoms with Gasteiger partial charge in [-0.15, -0.1) is 0 Å². The van der Waals surface area contributed by atoms with Gasteiger partial charge in [-0.1, -0.05) is 6.07 Å². The lowest BCUT2D eigenvalue weighted by molar-refractivity contribution is -0.140. The van der Waals surface area contributed by atoms with Gasteiger partial charge in [0.2, 0.25) is 0 Å². The molecule has 0 bridgehead atoms. The van der Waals surface area contributed by atoms with Gasteiger partial charge in [0.05, 0.1) is 5.56 Å². The van der Waals surface area contributed by atoms with Crippen LogP contribution in [-0.2, 0) is 6.18 Å². The number of hydrogen-bond donors (Lipinski definition) is 2. The summed E-state index contributed by atoms with van der Waals surface area (Å²) in [4.78, 5) is 0. The molecule has 0 spiro atoms. The zero-order valence-corrected chi connectivity index (χ0v) is 10.5. The highest BCUT2D eigenvalue weighted by molar-refractivity contribution is 7.98. The maximum atomic E-state index is 13.1. The topological polar surface area (TPSA) is 38.0 Å². The van der Waals surface area contributed by atoms with Gasteiger partial charge in [0.1, 0.15) is 5.82 Å². The van der Waals surface area contributed by atoms with Crippen LogP contribution in [0.5, 0.6) is 0 Å². The lowest BCUT2D eigenvalue weighted by atomic mass is 10.0. The van der Waals surface area contributed by atoms with E-state index in [4.69, 9.17) is 5.84 Å². The van der Waals surface area contributed by atoms with Gasteiger partial charge in [-0.3, -0.25) is 11.3 Å². The smallest absolute Gasteiger partial charge is 0.271 e. The van der Waals surface area contributed by atoms with Crippen LogP contribution in [0.15, 0.2) is 18.2 Å². The van der Waals surface area contributed by atoms with Crippen LogP contribution < -0.4 is 11.3 Å². The zero-order valence-electron chi connectivity index (χ0n) is 9.72. The molecule has 1 rings (SSSR count). The number of nitrogens with one attached hydrogen (secondary N) is 1. The van der Waals surface area contributed by atoms with Crippen molar-refractivity contribution in [1.82, 2.24) is 5.43 Å². The van der Waals surface area contributed by atoms with E-state index in [2.05, 4.69) is 5.43 Å². The van der Waals surface area contributed by atoms with Gasteiger partial charge < -0.3 is 0 Å². The molecule has 0 aromatic heterocycles. The molecule has 1 atom stereocenters. The maximum Gasteiger partial charge on any atom is 0.419 e. The summed E-state index contributed by atoms with van der Waals surface area (Å²) in [6, 6.07) is 2.52. The number of halogens is 4. The molecule has 18 heavy (non-hydrogen) atoms. The maximum absolute atomic E-state index is 13.1. The Hall–Kier alpha value is -0.790. The van der Waals surface area contributed by atoms with Gasteiger partial charge in [-0.05, 0) is 36.1 Å². The normalized spacial score (nSPS) is 13.7. The largest absolute Gasteiger partial charge is 0.419 e. The molecule has 0 saturated carbocycles. The van der Waals surface area contributed by atoms with Gasteiger partial charge in [0, 0.05) is 6.04 Å². The molecule has 0 fully saturated rings. The summed E-state index contributed by atoms with van der Waals surface area (Å²) in [6.07, 6.45) is -2.24. The molecule has 1 aromatic carbocycles. The van der Waals surface area contributed by atoms with Crippen molar-refractivity contribution >= 4 is 11.8 Å². The van der Waals surface area contributed by atoms with Gasteiger partial charge in [-0.2, -0.15) is 24.9 Å². The van der Waals surface area contributed by atoms with Crippen LogP contribution in [-0.4, -0.2) is 12.0 Å². The Morgan fingerprint density at radius 2 is 2.06 bits per heavy atom. The van der Waals surface area contributed by atoms with Crippen molar-refractivity contribution in [3.63, 3.8) is 0 Å². The number of benzene rings is 1. The fraction of sp³-hybridized carbons (Fsp3) is 0.455. The first kappa shape index (κ1) is 15.3. The van der Waals surface area contributed by atoms with Crippen LogP contribution >= 0.6 is 11.8 Å². The highest BCUT2D eigenvalue weighted by Gasteiger charge is 2.34. The van der Waals surface area contributed by atoms with Crippen LogP contribution in [0.4, 0.5) is 17.6 Å². The van der Waals surface area contributed by atoms with E-state index >= 15 is 0 Å². The summed E-state index contributed by atoms with van der Waals surface area (Å²) in [5.74, 6) is 4.78. The highest BCUT2D eigenvalue weighted by atomic mass is 32.2. The number of thioether (sulfide) groups is 1. The highest BCUT2D eigenvalue weighted by Crippen LogP contribution is 2.33. The Bertz CT molecular complexity index is 395. The third kappa shape index (κ3) is 3.86. The molecule has 0 saturated heterocycles. The number of hydrazine groups is 1. The van der Waals surface area contributed by atoms with Gasteiger partial charge in [-0.25, -0.2) is 4.39 Å². The molecule has 0 heterocycles. The molecule has 0 aliphatic heterocycles. The van der Waals surface area contributed by atoms with Crippen molar-refractivity contribution in [2.45, 2.75) is 18.6 Å². The van der Waals surface area contributed by atoms with Gasteiger partial charge in [0.25, 0.3) is 0 Å². The first-order valence-corrected chi connectivity index (χ1v) is 6.61. The fourth-order valence-electron chi connectivity index (χ4n) is 1.56. The average molecular weight is 282 g/mol. The molecule has 1 unspecified atom stereocenters. The monoisotopic (exact) mass is 282 g/mol. The van der Waals surface area contributed by atoms with Crippen molar-refractivity contribution in [3.05, 3.63) is 35.1 Å². The van der Waals surface area contributed by atoms with Crippen molar-refractivity contribution in [2.24, 2.45) is 5.84 Å². The van der Waals surface area contributed by atoms with Crippen LogP contribution in [0.2, 0.25) is 0 Å². The van der Waals surface area contributed by atoms with Crippen LogP contribution in [0.3, 0.4) is 0 Å². The van der Waals surface area contributed by atoms with Crippen molar-refractivity contribution < 1.29 is 17.6 Å². The minimum absolute atomic E-state index is 0.334.